The molecular formula is C21H24ClN3O3S2. The summed E-state index contributed by atoms with van der Waals surface area (Å²) in [6, 6.07) is 8.89. The number of hydrogen-bond donors (Lipinski definition) is 1. The van der Waals surface area contributed by atoms with E-state index in [0.29, 0.717) is 17.3 Å². The van der Waals surface area contributed by atoms with E-state index in [0.717, 1.165) is 41.9 Å². The number of anilines is 1. The molecule has 0 unspecified atom stereocenters. The fourth-order valence-corrected chi connectivity index (χ4v) is 6.03. The molecule has 3 heterocycles. The predicted molar refractivity (Wildman–Crippen MR) is 122 cm³/mol. The van der Waals surface area contributed by atoms with Gasteiger partial charge in [-0.2, -0.15) is 4.31 Å². The molecule has 30 heavy (non-hydrogen) atoms. The van der Waals surface area contributed by atoms with Crippen molar-refractivity contribution >= 4 is 50.6 Å². The third-order valence-corrected chi connectivity index (χ3v) is 8.37. The van der Waals surface area contributed by atoms with Crippen molar-refractivity contribution in [2.45, 2.75) is 31.8 Å². The number of fused-ring (bicyclic) bond motifs is 1. The Kier molecular flexibility index (Phi) is 6.31. The Morgan fingerprint density at radius 1 is 1.27 bits per heavy atom. The van der Waals surface area contributed by atoms with E-state index in [1.54, 1.807) is 17.0 Å². The third-order valence-electron chi connectivity index (χ3n) is 5.63. The van der Waals surface area contributed by atoms with Crippen molar-refractivity contribution in [1.29, 1.82) is 0 Å². The Balaban J connectivity index is 1.50. The van der Waals surface area contributed by atoms with Gasteiger partial charge in [0.05, 0.1) is 4.34 Å². The van der Waals surface area contributed by atoms with Crippen LogP contribution in [0.3, 0.4) is 0 Å². The van der Waals surface area contributed by atoms with Crippen molar-refractivity contribution in [2.24, 2.45) is 0 Å². The summed E-state index contributed by atoms with van der Waals surface area (Å²) in [5.74, 6) is -0.180. The van der Waals surface area contributed by atoms with Crippen LogP contribution in [0.4, 0.5) is 5.69 Å². The number of carbonyl (C=O) groups is 1. The second-order valence-corrected chi connectivity index (χ2v) is 11.2. The van der Waals surface area contributed by atoms with Gasteiger partial charge in [0.1, 0.15) is 6.04 Å². The van der Waals surface area contributed by atoms with Gasteiger partial charge in [0.15, 0.2) is 0 Å². The summed E-state index contributed by atoms with van der Waals surface area (Å²) in [6.45, 7) is 2.34. The first-order valence-corrected chi connectivity index (χ1v) is 12.6. The Hall–Kier alpha value is -1.71. The van der Waals surface area contributed by atoms with Crippen molar-refractivity contribution in [3.63, 3.8) is 0 Å². The van der Waals surface area contributed by atoms with E-state index in [4.69, 9.17) is 11.6 Å². The van der Waals surface area contributed by atoms with Gasteiger partial charge in [0, 0.05) is 36.1 Å². The number of halogens is 1. The summed E-state index contributed by atoms with van der Waals surface area (Å²) >= 11 is 7.19. The fourth-order valence-electron chi connectivity index (χ4n) is 3.92. The number of thiophene rings is 1. The molecule has 1 fully saturated rings. The second kappa shape index (κ2) is 8.80. The Bertz CT molecular complexity index is 1080. The average molecular weight is 466 g/mol. The first kappa shape index (κ1) is 21.5. The lowest BCUT2D eigenvalue weighted by Gasteiger charge is -2.22. The number of nitrogens with one attached hydrogen (secondary N) is 1. The van der Waals surface area contributed by atoms with Gasteiger partial charge in [-0.1, -0.05) is 17.7 Å². The van der Waals surface area contributed by atoms with E-state index in [9.17, 15) is 13.2 Å². The molecule has 1 N–H and O–H groups in total. The van der Waals surface area contributed by atoms with Crippen LogP contribution in [0, 0.1) is 0 Å². The monoisotopic (exact) mass is 465 g/mol. The van der Waals surface area contributed by atoms with Crippen LogP contribution in [0.2, 0.25) is 4.34 Å². The van der Waals surface area contributed by atoms with E-state index >= 15 is 0 Å². The van der Waals surface area contributed by atoms with Gasteiger partial charge in [-0.15, -0.1) is 11.3 Å². The largest absolute Gasteiger partial charge is 0.313 e. The maximum Gasteiger partial charge on any atom is 0.245 e. The summed E-state index contributed by atoms with van der Waals surface area (Å²) in [4.78, 5) is 15.5. The number of carbonyl (C=O) groups excluding carboxylic acids is 1. The first-order valence-electron chi connectivity index (χ1n) is 9.90. The molecular weight excluding hydrogens is 442 g/mol. The lowest BCUT2D eigenvalue weighted by atomic mass is 10.0. The Morgan fingerprint density at radius 3 is 2.87 bits per heavy atom. The van der Waals surface area contributed by atoms with Crippen molar-refractivity contribution < 1.29 is 13.2 Å². The second-order valence-electron chi connectivity index (χ2n) is 7.53. The van der Waals surface area contributed by atoms with E-state index in [-0.39, 0.29) is 5.91 Å². The minimum absolute atomic E-state index is 0.180. The highest BCUT2D eigenvalue weighted by Crippen LogP contribution is 2.29. The number of rotatable bonds is 5. The number of amides is 1. The minimum Gasteiger partial charge on any atom is -0.313 e. The smallest absolute Gasteiger partial charge is 0.245 e. The molecule has 4 rings (SSSR count). The molecule has 2 aliphatic rings. The first-order chi connectivity index (χ1) is 14.3. The maximum atomic E-state index is 13.1. The lowest BCUT2D eigenvalue weighted by molar-refractivity contribution is -0.120. The molecule has 6 nitrogen and oxygen atoms in total. The van der Waals surface area contributed by atoms with Crippen molar-refractivity contribution in [2.75, 3.05) is 25.0 Å². The van der Waals surface area contributed by atoms with Crippen LogP contribution in [0.15, 0.2) is 35.7 Å². The van der Waals surface area contributed by atoms with Gasteiger partial charge in [-0.05, 0) is 67.3 Å². The topological polar surface area (TPSA) is 69.7 Å². The molecule has 0 spiro atoms. The molecule has 9 heteroatoms. The molecule has 1 saturated heterocycles. The fraction of sp³-hybridized carbons (Fsp3) is 0.381. The number of aryl methyl sites for hydroxylation is 1. The summed E-state index contributed by atoms with van der Waals surface area (Å²) in [6.07, 6.45) is 4.02. The standard InChI is InChI=1S/C21H24ClN3O3S2/c1-24(30(27,28)12-9-18-6-7-20(22)29-18)19-8-11-25(21(19)26)17-5-4-16-14-23-10-2-3-15(16)13-17/h4-7,9,12-13,19,23H,2-3,8,10-11,14H2,1H3/t19-/m0/s1. The quantitative estimate of drug-likeness (QED) is 0.734. The minimum atomic E-state index is -3.73. The molecule has 1 aromatic carbocycles. The molecule has 0 radical (unpaired) electrons. The van der Waals surface area contributed by atoms with E-state index in [1.165, 1.54) is 39.9 Å². The highest BCUT2D eigenvalue weighted by Gasteiger charge is 2.39. The third kappa shape index (κ3) is 4.48. The molecule has 1 aromatic heterocycles. The lowest BCUT2D eigenvalue weighted by Crippen LogP contribution is -2.42. The summed E-state index contributed by atoms with van der Waals surface area (Å²) < 4.78 is 27.3. The number of nitrogens with zero attached hydrogens (tertiary/aromatic N) is 2. The van der Waals surface area contributed by atoms with Crippen LogP contribution in [0.25, 0.3) is 6.08 Å². The predicted octanol–water partition coefficient (Wildman–Crippen LogP) is 3.48. The molecule has 0 aliphatic carbocycles. The van der Waals surface area contributed by atoms with Crippen molar-refractivity contribution in [3.05, 3.63) is 56.1 Å². The SMILES string of the molecule is CN([C@H]1CCN(c2ccc3c(c2)CCCNC3)C1=O)S(=O)(=O)C=Cc1ccc(Cl)s1. The molecule has 1 atom stereocenters. The summed E-state index contributed by atoms with van der Waals surface area (Å²) in [5, 5.41) is 4.54. The van der Waals surface area contributed by atoms with Crippen molar-refractivity contribution in [1.82, 2.24) is 9.62 Å². The van der Waals surface area contributed by atoms with Crippen LogP contribution in [-0.4, -0.2) is 44.8 Å². The van der Waals surface area contributed by atoms with Gasteiger partial charge in [0.25, 0.3) is 0 Å². The molecule has 0 saturated carbocycles. The van der Waals surface area contributed by atoms with Crippen molar-refractivity contribution in [3.8, 4) is 0 Å². The molecule has 160 valence electrons. The highest BCUT2D eigenvalue weighted by atomic mass is 35.5. The zero-order chi connectivity index (χ0) is 21.3. The van der Waals surface area contributed by atoms with Gasteiger partial charge in [-0.3, -0.25) is 4.79 Å². The molecule has 0 bridgehead atoms. The molecule has 2 aromatic rings. The van der Waals surface area contributed by atoms with Gasteiger partial charge in [0.2, 0.25) is 15.9 Å². The molecule has 1 amide bonds. The number of sulfonamides is 1. The highest BCUT2D eigenvalue weighted by molar-refractivity contribution is 7.92. The van der Waals surface area contributed by atoms with Crippen LogP contribution in [0.5, 0.6) is 0 Å². The number of likely N-dealkylation sites (N-methyl/N-ethyl adjacent to an activating group) is 1. The number of hydrogen-bond acceptors (Lipinski definition) is 5. The van der Waals surface area contributed by atoms with E-state index in [2.05, 4.69) is 17.4 Å². The Morgan fingerprint density at radius 2 is 2.10 bits per heavy atom. The van der Waals surface area contributed by atoms with Crippen LogP contribution in [-0.2, 0) is 27.8 Å². The zero-order valence-electron chi connectivity index (χ0n) is 16.7. The number of benzene rings is 1. The summed E-state index contributed by atoms with van der Waals surface area (Å²) in [5.41, 5.74) is 3.36. The van der Waals surface area contributed by atoms with Gasteiger partial charge in [-0.25, -0.2) is 8.42 Å². The maximum absolute atomic E-state index is 13.1. The Labute approximate surface area is 186 Å². The zero-order valence-corrected chi connectivity index (χ0v) is 19.1. The van der Waals surface area contributed by atoms with Gasteiger partial charge >= 0.3 is 0 Å². The summed E-state index contributed by atoms with van der Waals surface area (Å²) in [7, 11) is -2.26. The van der Waals surface area contributed by atoms with Crippen LogP contribution >= 0.6 is 22.9 Å². The van der Waals surface area contributed by atoms with Gasteiger partial charge < -0.3 is 10.2 Å². The molecule has 2 aliphatic heterocycles. The average Bonchev–Trinajstić information content (AvgIpc) is 3.23. The van der Waals surface area contributed by atoms with Crippen LogP contribution < -0.4 is 10.2 Å². The van der Waals surface area contributed by atoms with E-state index in [1.807, 2.05) is 6.07 Å². The van der Waals surface area contributed by atoms with E-state index < -0.39 is 16.1 Å². The van der Waals surface area contributed by atoms with Crippen LogP contribution in [0.1, 0.15) is 28.8 Å². The normalized spacial score (nSPS) is 20.2.